The number of piperidine rings is 1. The van der Waals surface area contributed by atoms with Gasteiger partial charge in [-0.3, -0.25) is 4.90 Å². The van der Waals surface area contributed by atoms with Crippen LogP contribution in [0.15, 0.2) is 12.7 Å². The van der Waals surface area contributed by atoms with Crippen molar-refractivity contribution in [3.8, 4) is 0 Å². The van der Waals surface area contributed by atoms with E-state index in [1.54, 1.807) is 0 Å². The summed E-state index contributed by atoms with van der Waals surface area (Å²) in [7, 11) is 0. The third-order valence-corrected chi connectivity index (χ3v) is 3.46. The SMILES string of the molecule is C=CCN(CCO)CC1CC(CC)CCN1. The molecule has 0 bridgehead atoms. The highest BCUT2D eigenvalue weighted by Crippen LogP contribution is 2.19. The van der Waals surface area contributed by atoms with Gasteiger partial charge in [0, 0.05) is 25.7 Å². The van der Waals surface area contributed by atoms with E-state index < -0.39 is 0 Å². The standard InChI is InChI=1S/C13H26N2O/c1-3-7-15(8-9-16)11-13-10-12(4-2)5-6-14-13/h3,12-14,16H,1,4-11H2,2H3. The first-order chi connectivity index (χ1) is 7.80. The first-order valence-electron chi connectivity index (χ1n) is 6.47. The van der Waals surface area contributed by atoms with Crippen LogP contribution in [0.5, 0.6) is 0 Å². The molecule has 1 saturated heterocycles. The Morgan fingerprint density at radius 1 is 1.56 bits per heavy atom. The number of nitrogens with one attached hydrogen (secondary N) is 1. The summed E-state index contributed by atoms with van der Waals surface area (Å²) in [5.74, 6) is 0.881. The minimum Gasteiger partial charge on any atom is -0.395 e. The summed E-state index contributed by atoms with van der Waals surface area (Å²) in [6.07, 6.45) is 5.79. The third-order valence-electron chi connectivity index (χ3n) is 3.46. The Balaban J connectivity index is 2.34. The predicted molar refractivity (Wildman–Crippen MR) is 68.5 cm³/mol. The number of aliphatic hydroxyl groups is 1. The molecule has 2 unspecified atom stereocenters. The van der Waals surface area contributed by atoms with Crippen LogP contribution >= 0.6 is 0 Å². The molecule has 0 aromatic rings. The van der Waals surface area contributed by atoms with Crippen molar-refractivity contribution >= 4 is 0 Å². The lowest BCUT2D eigenvalue weighted by molar-refractivity contribution is 0.174. The van der Waals surface area contributed by atoms with Gasteiger partial charge >= 0.3 is 0 Å². The van der Waals surface area contributed by atoms with E-state index in [0.29, 0.717) is 6.04 Å². The van der Waals surface area contributed by atoms with E-state index in [9.17, 15) is 0 Å². The zero-order valence-electron chi connectivity index (χ0n) is 10.5. The monoisotopic (exact) mass is 226 g/mol. The summed E-state index contributed by atoms with van der Waals surface area (Å²) in [5.41, 5.74) is 0. The fourth-order valence-corrected chi connectivity index (χ4v) is 2.50. The maximum Gasteiger partial charge on any atom is 0.0558 e. The van der Waals surface area contributed by atoms with E-state index in [0.717, 1.165) is 32.1 Å². The van der Waals surface area contributed by atoms with Gasteiger partial charge < -0.3 is 10.4 Å². The van der Waals surface area contributed by atoms with Crippen LogP contribution in [0.1, 0.15) is 26.2 Å². The number of rotatable bonds is 7. The van der Waals surface area contributed by atoms with Crippen LogP contribution in [-0.4, -0.2) is 48.8 Å². The first-order valence-corrected chi connectivity index (χ1v) is 6.47. The Morgan fingerprint density at radius 3 is 3.00 bits per heavy atom. The molecule has 16 heavy (non-hydrogen) atoms. The maximum atomic E-state index is 8.99. The van der Waals surface area contributed by atoms with Gasteiger partial charge in [0.2, 0.25) is 0 Å². The van der Waals surface area contributed by atoms with Gasteiger partial charge in [-0.2, -0.15) is 0 Å². The van der Waals surface area contributed by atoms with E-state index in [1.807, 2.05) is 6.08 Å². The maximum absolute atomic E-state index is 8.99. The molecule has 2 N–H and O–H groups in total. The zero-order chi connectivity index (χ0) is 11.8. The van der Waals surface area contributed by atoms with Crippen LogP contribution in [-0.2, 0) is 0 Å². The molecule has 1 aliphatic heterocycles. The second kappa shape index (κ2) is 7.82. The second-order valence-corrected chi connectivity index (χ2v) is 4.72. The fourth-order valence-electron chi connectivity index (χ4n) is 2.50. The van der Waals surface area contributed by atoms with Crippen LogP contribution < -0.4 is 5.32 Å². The smallest absolute Gasteiger partial charge is 0.0558 e. The summed E-state index contributed by atoms with van der Waals surface area (Å²) in [4.78, 5) is 2.27. The van der Waals surface area contributed by atoms with Gasteiger partial charge in [0.25, 0.3) is 0 Å². The lowest BCUT2D eigenvalue weighted by Crippen LogP contribution is -2.46. The summed E-state index contributed by atoms with van der Waals surface area (Å²) < 4.78 is 0. The van der Waals surface area contributed by atoms with Crippen LogP contribution in [0, 0.1) is 5.92 Å². The number of hydrogen-bond donors (Lipinski definition) is 2. The largest absolute Gasteiger partial charge is 0.395 e. The molecule has 1 fully saturated rings. The van der Waals surface area contributed by atoms with Gasteiger partial charge in [0.1, 0.15) is 0 Å². The van der Waals surface area contributed by atoms with Crippen LogP contribution in [0.4, 0.5) is 0 Å². The Morgan fingerprint density at radius 2 is 2.38 bits per heavy atom. The molecule has 1 heterocycles. The van der Waals surface area contributed by atoms with E-state index in [-0.39, 0.29) is 6.61 Å². The van der Waals surface area contributed by atoms with E-state index in [4.69, 9.17) is 5.11 Å². The van der Waals surface area contributed by atoms with Crippen molar-refractivity contribution in [1.29, 1.82) is 0 Å². The quantitative estimate of drug-likeness (QED) is 0.641. The highest BCUT2D eigenvalue weighted by Gasteiger charge is 2.21. The highest BCUT2D eigenvalue weighted by atomic mass is 16.3. The van der Waals surface area contributed by atoms with Crippen molar-refractivity contribution in [2.45, 2.75) is 32.2 Å². The topological polar surface area (TPSA) is 35.5 Å². The minimum atomic E-state index is 0.234. The van der Waals surface area contributed by atoms with Gasteiger partial charge in [-0.15, -0.1) is 6.58 Å². The van der Waals surface area contributed by atoms with Crippen molar-refractivity contribution in [2.24, 2.45) is 5.92 Å². The molecular weight excluding hydrogens is 200 g/mol. The molecule has 94 valence electrons. The average molecular weight is 226 g/mol. The van der Waals surface area contributed by atoms with Gasteiger partial charge in [-0.25, -0.2) is 0 Å². The second-order valence-electron chi connectivity index (χ2n) is 4.72. The normalized spacial score (nSPS) is 25.9. The fraction of sp³-hybridized carbons (Fsp3) is 0.846. The summed E-state index contributed by atoms with van der Waals surface area (Å²) >= 11 is 0. The Kier molecular flexibility index (Phi) is 6.69. The van der Waals surface area contributed by atoms with Crippen LogP contribution in [0.25, 0.3) is 0 Å². The van der Waals surface area contributed by atoms with E-state index in [1.165, 1.54) is 19.3 Å². The molecule has 0 radical (unpaired) electrons. The summed E-state index contributed by atoms with van der Waals surface area (Å²) in [6.45, 7) is 10.1. The number of aliphatic hydroxyl groups excluding tert-OH is 1. The minimum absolute atomic E-state index is 0.234. The molecule has 0 spiro atoms. The van der Waals surface area contributed by atoms with Gasteiger partial charge in [0.15, 0.2) is 0 Å². The summed E-state index contributed by atoms with van der Waals surface area (Å²) in [6, 6.07) is 0.588. The average Bonchev–Trinajstić information content (AvgIpc) is 2.30. The lowest BCUT2D eigenvalue weighted by atomic mass is 9.90. The van der Waals surface area contributed by atoms with Gasteiger partial charge in [0.05, 0.1) is 6.61 Å². The highest BCUT2D eigenvalue weighted by molar-refractivity contribution is 4.83. The Bertz CT molecular complexity index is 196. The number of nitrogens with zero attached hydrogens (tertiary/aromatic N) is 1. The summed E-state index contributed by atoms with van der Waals surface area (Å²) in [5, 5.41) is 12.6. The zero-order valence-corrected chi connectivity index (χ0v) is 10.5. The molecule has 1 rings (SSSR count). The molecule has 0 amide bonds. The third kappa shape index (κ3) is 4.64. The van der Waals surface area contributed by atoms with Crippen molar-refractivity contribution < 1.29 is 5.11 Å². The molecule has 3 heteroatoms. The van der Waals surface area contributed by atoms with Gasteiger partial charge in [-0.1, -0.05) is 19.4 Å². The predicted octanol–water partition coefficient (Wildman–Crippen LogP) is 1.24. The van der Waals surface area contributed by atoms with Crippen molar-refractivity contribution in [1.82, 2.24) is 10.2 Å². The van der Waals surface area contributed by atoms with Crippen molar-refractivity contribution in [2.75, 3.05) is 32.8 Å². The van der Waals surface area contributed by atoms with Gasteiger partial charge in [-0.05, 0) is 25.3 Å². The van der Waals surface area contributed by atoms with Crippen molar-refractivity contribution in [3.05, 3.63) is 12.7 Å². The molecule has 2 atom stereocenters. The molecule has 0 aromatic carbocycles. The molecule has 3 nitrogen and oxygen atoms in total. The molecule has 0 aliphatic carbocycles. The van der Waals surface area contributed by atoms with E-state index in [2.05, 4.69) is 23.7 Å². The van der Waals surface area contributed by atoms with Crippen LogP contribution in [0.2, 0.25) is 0 Å². The Labute approximate surface area is 99.5 Å². The van der Waals surface area contributed by atoms with Crippen molar-refractivity contribution in [3.63, 3.8) is 0 Å². The Hall–Kier alpha value is -0.380. The molecule has 1 aliphatic rings. The van der Waals surface area contributed by atoms with E-state index >= 15 is 0 Å². The molecule has 0 aromatic heterocycles. The van der Waals surface area contributed by atoms with Crippen LogP contribution in [0.3, 0.4) is 0 Å². The lowest BCUT2D eigenvalue weighted by Gasteiger charge is -2.33. The first kappa shape index (κ1) is 13.7. The molecule has 0 saturated carbocycles. The number of hydrogen-bond acceptors (Lipinski definition) is 3. The molecular formula is C13H26N2O.